The van der Waals surface area contributed by atoms with Crippen molar-refractivity contribution in [2.45, 2.75) is 19.4 Å². The van der Waals surface area contributed by atoms with E-state index in [9.17, 15) is 9.59 Å². The summed E-state index contributed by atoms with van der Waals surface area (Å²) in [4.78, 5) is 27.6. The fraction of sp³-hybridized carbons (Fsp3) is 0.267. The zero-order valence-electron chi connectivity index (χ0n) is 12.1. The Hall–Kier alpha value is -2.25. The van der Waals surface area contributed by atoms with Crippen LogP contribution < -0.4 is 11.1 Å². The number of nitrogens with two attached hydrogens (primary N) is 1. The van der Waals surface area contributed by atoms with Crippen LogP contribution in [0.5, 0.6) is 0 Å². The van der Waals surface area contributed by atoms with E-state index in [1.165, 1.54) is 11.3 Å². The molecule has 0 spiro atoms. The van der Waals surface area contributed by atoms with Crippen molar-refractivity contribution >= 4 is 28.3 Å². The Morgan fingerprint density at radius 3 is 2.77 bits per heavy atom. The van der Waals surface area contributed by atoms with Gasteiger partial charge in [-0.1, -0.05) is 30.3 Å². The number of esters is 1. The molecule has 0 saturated carbocycles. The Morgan fingerprint density at radius 2 is 2.09 bits per heavy atom. The molecule has 0 saturated heterocycles. The molecule has 2 aromatic rings. The molecule has 0 radical (unpaired) electrons. The van der Waals surface area contributed by atoms with Gasteiger partial charge in [0.15, 0.2) is 5.13 Å². The van der Waals surface area contributed by atoms with Crippen molar-refractivity contribution in [2.24, 2.45) is 5.73 Å². The highest BCUT2D eigenvalue weighted by Crippen LogP contribution is 2.18. The first-order valence-electron chi connectivity index (χ1n) is 6.81. The second-order valence-electron chi connectivity index (χ2n) is 4.50. The molecule has 1 aromatic carbocycles. The number of amides is 1. The average Bonchev–Trinajstić information content (AvgIpc) is 2.94. The molecule has 1 amide bonds. The number of aromatic nitrogens is 1. The second-order valence-corrected chi connectivity index (χ2v) is 5.36. The van der Waals surface area contributed by atoms with Crippen LogP contribution in [0.25, 0.3) is 0 Å². The van der Waals surface area contributed by atoms with Crippen molar-refractivity contribution in [3.63, 3.8) is 0 Å². The van der Waals surface area contributed by atoms with Crippen LogP contribution in [0.3, 0.4) is 0 Å². The van der Waals surface area contributed by atoms with Crippen LogP contribution in [-0.4, -0.2) is 23.5 Å². The minimum absolute atomic E-state index is 0.0882. The highest BCUT2D eigenvalue weighted by molar-refractivity contribution is 7.13. The van der Waals surface area contributed by atoms with Crippen molar-refractivity contribution in [1.82, 2.24) is 4.98 Å². The number of benzene rings is 1. The third-order valence-corrected chi connectivity index (χ3v) is 3.66. The van der Waals surface area contributed by atoms with Gasteiger partial charge in [0.25, 0.3) is 0 Å². The lowest BCUT2D eigenvalue weighted by molar-refractivity contribution is -0.142. The molecule has 2 rings (SSSR count). The molecule has 6 nitrogen and oxygen atoms in total. The Kier molecular flexibility index (Phi) is 5.62. The third-order valence-electron chi connectivity index (χ3n) is 2.85. The van der Waals surface area contributed by atoms with Crippen LogP contribution in [0.2, 0.25) is 0 Å². The number of nitrogens with one attached hydrogen (secondary N) is 1. The number of hydrogen-bond donors (Lipinski definition) is 2. The number of carbonyl (C=O) groups excluding carboxylic acids is 2. The summed E-state index contributed by atoms with van der Waals surface area (Å²) in [6.45, 7) is 2.08. The molecule has 7 heteroatoms. The molecule has 1 heterocycles. The standard InChI is InChI=1S/C15H17N3O3S/c1-2-21-12(19)8-11-9-22-15(17-11)18-14(20)13(16)10-6-4-3-5-7-10/h3-7,9,13H,2,8,16H2,1H3,(H,17,18,20). The summed E-state index contributed by atoms with van der Waals surface area (Å²) >= 11 is 1.24. The van der Waals surface area contributed by atoms with Crippen molar-refractivity contribution in [1.29, 1.82) is 0 Å². The van der Waals surface area contributed by atoms with Crippen LogP contribution >= 0.6 is 11.3 Å². The van der Waals surface area contributed by atoms with E-state index in [1.807, 2.05) is 18.2 Å². The van der Waals surface area contributed by atoms with E-state index >= 15 is 0 Å². The summed E-state index contributed by atoms with van der Waals surface area (Å²) in [5.74, 6) is -0.685. The molecular formula is C15H17N3O3S. The number of hydrogen-bond acceptors (Lipinski definition) is 6. The molecule has 0 aliphatic carbocycles. The summed E-state index contributed by atoms with van der Waals surface area (Å²) in [6.07, 6.45) is 0.0882. The quantitative estimate of drug-likeness (QED) is 0.793. The van der Waals surface area contributed by atoms with Gasteiger partial charge in [0, 0.05) is 5.38 Å². The number of carbonyl (C=O) groups is 2. The summed E-state index contributed by atoms with van der Waals surface area (Å²) in [5, 5.41) is 4.78. The van der Waals surface area contributed by atoms with Gasteiger partial charge in [-0.05, 0) is 12.5 Å². The van der Waals surface area contributed by atoms with E-state index in [-0.39, 0.29) is 18.3 Å². The van der Waals surface area contributed by atoms with E-state index in [1.54, 1.807) is 24.4 Å². The molecule has 0 bridgehead atoms. The van der Waals surface area contributed by atoms with E-state index in [2.05, 4.69) is 10.3 Å². The smallest absolute Gasteiger partial charge is 0.311 e. The minimum Gasteiger partial charge on any atom is -0.466 e. The lowest BCUT2D eigenvalue weighted by atomic mass is 10.1. The molecule has 1 aromatic heterocycles. The SMILES string of the molecule is CCOC(=O)Cc1csc(NC(=O)C(N)c2ccccc2)n1. The highest BCUT2D eigenvalue weighted by Gasteiger charge is 2.17. The number of thiazole rings is 1. The van der Waals surface area contributed by atoms with Gasteiger partial charge in [0.05, 0.1) is 18.7 Å². The van der Waals surface area contributed by atoms with Gasteiger partial charge in [-0.15, -0.1) is 11.3 Å². The maximum absolute atomic E-state index is 12.1. The second kappa shape index (κ2) is 7.67. The lowest BCUT2D eigenvalue weighted by Crippen LogP contribution is -2.27. The molecule has 1 atom stereocenters. The summed E-state index contributed by atoms with van der Waals surface area (Å²) in [6, 6.07) is 8.32. The molecule has 0 aliphatic heterocycles. The third kappa shape index (κ3) is 4.37. The Balaban J connectivity index is 1.95. The zero-order valence-corrected chi connectivity index (χ0v) is 12.9. The molecule has 116 valence electrons. The molecular weight excluding hydrogens is 302 g/mol. The van der Waals surface area contributed by atoms with Crippen molar-refractivity contribution in [3.05, 3.63) is 47.0 Å². The van der Waals surface area contributed by atoms with Crippen LogP contribution in [0.15, 0.2) is 35.7 Å². The summed E-state index contributed by atoms with van der Waals surface area (Å²) in [7, 11) is 0. The fourth-order valence-corrected chi connectivity index (χ4v) is 2.51. The number of rotatable bonds is 6. The molecule has 22 heavy (non-hydrogen) atoms. The number of ether oxygens (including phenoxy) is 1. The monoisotopic (exact) mass is 319 g/mol. The summed E-state index contributed by atoms with van der Waals surface area (Å²) in [5.41, 5.74) is 7.19. The Labute approximate surface area is 132 Å². The maximum atomic E-state index is 12.1. The highest BCUT2D eigenvalue weighted by atomic mass is 32.1. The van der Waals surface area contributed by atoms with Crippen molar-refractivity contribution in [2.75, 3.05) is 11.9 Å². The van der Waals surface area contributed by atoms with Crippen LogP contribution in [0.4, 0.5) is 5.13 Å². The van der Waals surface area contributed by atoms with Crippen molar-refractivity contribution in [3.8, 4) is 0 Å². The first-order valence-corrected chi connectivity index (χ1v) is 7.69. The first-order chi connectivity index (χ1) is 10.6. The molecule has 0 aliphatic rings. The fourth-order valence-electron chi connectivity index (χ4n) is 1.80. The molecule has 1 unspecified atom stereocenters. The van der Waals surface area contributed by atoms with Gasteiger partial charge in [-0.2, -0.15) is 0 Å². The molecule has 0 fully saturated rings. The van der Waals surface area contributed by atoms with Crippen LogP contribution in [0.1, 0.15) is 24.2 Å². The summed E-state index contributed by atoms with van der Waals surface area (Å²) < 4.78 is 4.85. The van der Waals surface area contributed by atoms with Crippen molar-refractivity contribution < 1.29 is 14.3 Å². The van der Waals surface area contributed by atoms with Gasteiger partial charge in [-0.3, -0.25) is 9.59 Å². The van der Waals surface area contributed by atoms with Gasteiger partial charge >= 0.3 is 5.97 Å². The zero-order chi connectivity index (χ0) is 15.9. The minimum atomic E-state index is -0.765. The van der Waals surface area contributed by atoms with Gasteiger partial charge in [0.1, 0.15) is 6.04 Å². The Bertz CT molecular complexity index is 642. The van der Waals surface area contributed by atoms with Crippen LogP contribution in [-0.2, 0) is 20.7 Å². The van der Waals surface area contributed by atoms with E-state index in [0.717, 1.165) is 5.56 Å². The van der Waals surface area contributed by atoms with E-state index in [4.69, 9.17) is 10.5 Å². The maximum Gasteiger partial charge on any atom is 0.311 e. The molecule has 3 N–H and O–H groups in total. The van der Waals surface area contributed by atoms with Gasteiger partial charge in [-0.25, -0.2) is 4.98 Å². The topological polar surface area (TPSA) is 94.3 Å². The largest absolute Gasteiger partial charge is 0.466 e. The van der Waals surface area contributed by atoms with Crippen LogP contribution in [0, 0.1) is 0 Å². The van der Waals surface area contributed by atoms with E-state index < -0.39 is 6.04 Å². The number of nitrogens with zero attached hydrogens (tertiary/aromatic N) is 1. The normalized spacial score (nSPS) is 11.7. The average molecular weight is 319 g/mol. The predicted molar refractivity (Wildman–Crippen MR) is 84.5 cm³/mol. The number of anilines is 1. The van der Waals surface area contributed by atoms with E-state index in [0.29, 0.717) is 17.4 Å². The van der Waals surface area contributed by atoms with Gasteiger partial charge < -0.3 is 15.8 Å². The lowest BCUT2D eigenvalue weighted by Gasteiger charge is -2.10. The predicted octanol–water partition coefficient (Wildman–Crippen LogP) is 1.89. The van der Waals surface area contributed by atoms with Gasteiger partial charge in [0.2, 0.25) is 5.91 Å². The first kappa shape index (κ1) is 16.1. The Morgan fingerprint density at radius 1 is 1.36 bits per heavy atom.